The number of alkyl carbamates (subject to hydrolysis) is 1. The van der Waals surface area contributed by atoms with Crippen molar-refractivity contribution in [1.29, 1.82) is 0 Å². The summed E-state index contributed by atoms with van der Waals surface area (Å²) in [4.78, 5) is 17.5. The summed E-state index contributed by atoms with van der Waals surface area (Å²) < 4.78 is 80.0. The maximum Gasteiger partial charge on any atom is 0.407 e. The molecule has 2 aromatic carbocycles. The first kappa shape index (κ1) is 35.9. The normalized spacial score (nSPS) is 22.2. The number of nitrogens with one attached hydrogen (secondary N) is 2. The number of anilines is 1. The fourth-order valence-electron chi connectivity index (χ4n) is 5.87. The van der Waals surface area contributed by atoms with Crippen LogP contribution in [0.1, 0.15) is 39.7 Å². The summed E-state index contributed by atoms with van der Waals surface area (Å²) >= 11 is 0. The minimum absolute atomic E-state index is 0.0461. The summed E-state index contributed by atoms with van der Waals surface area (Å²) in [6, 6.07) is 12.6. The van der Waals surface area contributed by atoms with E-state index in [-0.39, 0.29) is 54.9 Å². The van der Waals surface area contributed by atoms with E-state index in [2.05, 4.69) is 15.6 Å². The highest BCUT2D eigenvalue weighted by atomic mass is 32.2. The van der Waals surface area contributed by atoms with E-state index in [1.807, 2.05) is 33.8 Å². The molecule has 3 heterocycles. The van der Waals surface area contributed by atoms with Gasteiger partial charge in [-0.25, -0.2) is 22.0 Å². The van der Waals surface area contributed by atoms with Gasteiger partial charge in [-0.15, -0.1) is 0 Å². The summed E-state index contributed by atoms with van der Waals surface area (Å²) in [6.07, 6.45) is -4.64. The van der Waals surface area contributed by atoms with E-state index in [9.17, 15) is 27.1 Å². The van der Waals surface area contributed by atoms with E-state index >= 15 is 0 Å². The fourth-order valence-corrected chi connectivity index (χ4v) is 7.51. The van der Waals surface area contributed by atoms with Gasteiger partial charge in [0, 0.05) is 32.1 Å². The second-order valence-corrected chi connectivity index (χ2v) is 15.2. The number of aromatic nitrogens is 1. The molecule has 48 heavy (non-hydrogen) atoms. The van der Waals surface area contributed by atoms with Crippen LogP contribution in [-0.4, -0.2) is 92.2 Å². The van der Waals surface area contributed by atoms with E-state index in [1.54, 1.807) is 30.3 Å². The van der Waals surface area contributed by atoms with Gasteiger partial charge in [0.25, 0.3) is 11.9 Å². The summed E-state index contributed by atoms with van der Waals surface area (Å²) in [6.45, 7) is 7.33. The van der Waals surface area contributed by atoms with Crippen LogP contribution in [-0.2, 0) is 30.7 Å². The van der Waals surface area contributed by atoms with Gasteiger partial charge in [-0.2, -0.15) is 9.29 Å². The number of ether oxygens (including phenoxy) is 3. The molecule has 0 spiro atoms. The number of hydrogen-bond donors (Lipinski definition) is 3. The van der Waals surface area contributed by atoms with Gasteiger partial charge in [0.15, 0.2) is 11.9 Å². The number of nitrogens with zero attached hydrogens (tertiary/aromatic N) is 2. The van der Waals surface area contributed by atoms with Crippen molar-refractivity contribution in [3.8, 4) is 0 Å². The van der Waals surface area contributed by atoms with Gasteiger partial charge in [-0.3, -0.25) is 0 Å². The number of fused-ring (bicyclic) bond motifs is 2. The number of aliphatic hydroxyl groups is 1. The predicted molar refractivity (Wildman–Crippen MR) is 173 cm³/mol. The zero-order valence-corrected chi connectivity index (χ0v) is 28.3. The van der Waals surface area contributed by atoms with Crippen LogP contribution in [0.15, 0.2) is 57.8 Å². The maximum absolute atomic E-state index is 14.6. The number of oxazole rings is 1. The Morgan fingerprint density at radius 2 is 1.85 bits per heavy atom. The van der Waals surface area contributed by atoms with Crippen molar-refractivity contribution >= 4 is 33.2 Å². The molecule has 3 aromatic rings. The van der Waals surface area contributed by atoms with E-state index in [0.717, 1.165) is 5.56 Å². The number of benzene rings is 2. The van der Waals surface area contributed by atoms with E-state index < -0.39 is 59.1 Å². The average molecular weight is 695 g/mol. The highest BCUT2D eigenvalue weighted by Crippen LogP contribution is 2.43. The summed E-state index contributed by atoms with van der Waals surface area (Å²) in [5.74, 6) is -4.49. The van der Waals surface area contributed by atoms with Gasteiger partial charge in [-0.05, 0) is 36.0 Å². The monoisotopic (exact) mass is 694 g/mol. The van der Waals surface area contributed by atoms with E-state index in [0.29, 0.717) is 18.0 Å². The van der Waals surface area contributed by atoms with E-state index in [1.165, 1.54) is 16.4 Å². The number of alkyl halides is 2. The predicted octanol–water partition coefficient (Wildman–Crippen LogP) is 4.64. The molecule has 2 aliphatic heterocycles. The lowest BCUT2D eigenvalue weighted by Crippen LogP contribution is -2.53. The Kier molecular flexibility index (Phi) is 11.2. The van der Waals surface area contributed by atoms with Gasteiger partial charge in [0.2, 0.25) is 10.0 Å². The average Bonchev–Trinajstić information content (AvgIpc) is 3.59. The Labute approximate surface area is 279 Å². The number of hydrogen-bond acceptors (Lipinski definition) is 10. The zero-order chi connectivity index (χ0) is 34.6. The van der Waals surface area contributed by atoms with Gasteiger partial charge < -0.3 is 34.4 Å². The minimum Gasteiger partial charge on any atom is -0.445 e. The Balaban J connectivity index is 1.35. The standard InChI is InChI=1S/C33H44F2N4O8S/c1-20(2)16-36-31-37-24-11-10-23(15-28(24)46-31)48(42,43)39(17-21(3)4)18-26(40)25(14-22-8-6-5-7-9-22)38-32(41)47-27-12-13-44-30-29(27)33(34,35)19-45-30/h5-11,15,20-21,25-27,29-30,40H,12-14,16-19H2,1-4H3,(H,36,37)(H,38,41)/t25-,26+,27-,29?,30-/m0/s1. The number of halogens is 2. The van der Waals surface area contributed by atoms with Crippen LogP contribution in [0.3, 0.4) is 0 Å². The third kappa shape index (κ3) is 8.61. The number of aliphatic hydroxyl groups excluding tert-OH is 1. The van der Waals surface area contributed by atoms with Crippen molar-refractivity contribution < 1.29 is 45.7 Å². The topological polar surface area (TPSA) is 152 Å². The van der Waals surface area contributed by atoms with Gasteiger partial charge in [0.05, 0.1) is 23.6 Å². The molecule has 3 N–H and O–H groups in total. The molecule has 2 saturated heterocycles. The number of rotatable bonds is 14. The van der Waals surface area contributed by atoms with Crippen LogP contribution in [0.4, 0.5) is 19.6 Å². The first-order chi connectivity index (χ1) is 22.7. The Bertz CT molecular complexity index is 1640. The molecule has 0 radical (unpaired) electrons. The number of amides is 1. The molecule has 0 saturated carbocycles. The highest BCUT2D eigenvalue weighted by Gasteiger charge is 2.58. The quantitative estimate of drug-likeness (QED) is 0.218. The fraction of sp³-hybridized carbons (Fsp3) is 0.576. The van der Waals surface area contributed by atoms with Gasteiger partial charge in [0.1, 0.15) is 24.1 Å². The van der Waals surface area contributed by atoms with Crippen molar-refractivity contribution in [3.05, 3.63) is 54.1 Å². The Hall–Kier alpha value is -3.37. The van der Waals surface area contributed by atoms with Crippen LogP contribution in [0.2, 0.25) is 0 Å². The van der Waals surface area contributed by atoms with Crippen molar-refractivity contribution in [3.63, 3.8) is 0 Å². The molecule has 15 heteroatoms. The number of carbonyl (C=O) groups is 1. The van der Waals surface area contributed by atoms with Crippen molar-refractivity contribution in [2.45, 2.75) is 75.9 Å². The summed E-state index contributed by atoms with van der Waals surface area (Å²) in [5, 5.41) is 17.3. The molecule has 2 aliphatic rings. The molecule has 5 atom stereocenters. The SMILES string of the molecule is CC(C)CNc1nc2ccc(S(=O)(=O)N(CC(C)C)C[C@@H](O)[C@H](Cc3ccccc3)NC(=O)O[C@H]3CCO[C@H]4OCC(F)(F)C43)cc2o1. The molecule has 1 aromatic heterocycles. The zero-order valence-electron chi connectivity index (χ0n) is 27.5. The third-order valence-corrected chi connectivity index (χ3v) is 10.1. The number of sulfonamides is 1. The summed E-state index contributed by atoms with van der Waals surface area (Å²) in [7, 11) is -4.17. The lowest BCUT2D eigenvalue weighted by atomic mass is 9.92. The smallest absolute Gasteiger partial charge is 0.407 e. The molecule has 1 unspecified atom stereocenters. The highest BCUT2D eigenvalue weighted by molar-refractivity contribution is 7.89. The van der Waals surface area contributed by atoms with Gasteiger partial charge >= 0.3 is 6.09 Å². The molecule has 264 valence electrons. The molecule has 2 fully saturated rings. The maximum atomic E-state index is 14.6. The van der Waals surface area contributed by atoms with Crippen LogP contribution in [0.5, 0.6) is 0 Å². The number of carbonyl (C=O) groups excluding carboxylic acids is 1. The van der Waals surface area contributed by atoms with Crippen molar-refractivity contribution in [1.82, 2.24) is 14.6 Å². The molecular weight excluding hydrogens is 650 g/mol. The van der Waals surface area contributed by atoms with Crippen LogP contribution in [0.25, 0.3) is 11.1 Å². The van der Waals surface area contributed by atoms with Crippen LogP contribution < -0.4 is 10.6 Å². The van der Waals surface area contributed by atoms with Crippen molar-refractivity contribution in [2.75, 3.05) is 38.2 Å². The van der Waals surface area contributed by atoms with E-state index in [4.69, 9.17) is 18.6 Å². The molecule has 12 nitrogen and oxygen atoms in total. The van der Waals surface area contributed by atoms with Crippen molar-refractivity contribution in [2.24, 2.45) is 17.8 Å². The minimum atomic E-state index is -4.17. The molecule has 1 amide bonds. The molecule has 5 rings (SSSR count). The molecule has 0 aliphatic carbocycles. The first-order valence-electron chi connectivity index (χ1n) is 16.2. The van der Waals surface area contributed by atoms with Crippen LogP contribution in [0, 0.1) is 17.8 Å². The summed E-state index contributed by atoms with van der Waals surface area (Å²) in [5.41, 5.74) is 1.52. The third-order valence-electron chi connectivity index (χ3n) is 8.25. The lowest BCUT2D eigenvalue weighted by Gasteiger charge is -2.35. The Morgan fingerprint density at radius 1 is 1.10 bits per heavy atom. The first-order valence-corrected chi connectivity index (χ1v) is 17.6. The Morgan fingerprint density at radius 3 is 2.56 bits per heavy atom. The largest absolute Gasteiger partial charge is 0.445 e. The second-order valence-electron chi connectivity index (χ2n) is 13.2. The lowest BCUT2D eigenvalue weighted by molar-refractivity contribution is -0.194. The van der Waals surface area contributed by atoms with Crippen LogP contribution >= 0.6 is 0 Å². The second kappa shape index (κ2) is 15.0. The molecular formula is C33H44F2N4O8S. The molecule has 0 bridgehead atoms. The van der Waals surface area contributed by atoms with Gasteiger partial charge in [-0.1, -0.05) is 58.0 Å².